The smallest absolute Gasteiger partial charge is 0.223 e. The zero-order chi connectivity index (χ0) is 17.9. The van der Waals surface area contributed by atoms with Crippen LogP contribution in [-0.4, -0.2) is 18.1 Å². The van der Waals surface area contributed by atoms with Crippen molar-refractivity contribution in [3.63, 3.8) is 0 Å². The highest BCUT2D eigenvalue weighted by molar-refractivity contribution is 5.81. The van der Waals surface area contributed by atoms with Crippen LogP contribution >= 0.6 is 0 Å². The van der Waals surface area contributed by atoms with E-state index in [2.05, 4.69) is 60.8 Å². The van der Waals surface area contributed by atoms with Crippen molar-refractivity contribution in [1.82, 2.24) is 5.32 Å². The molecule has 0 spiro atoms. The lowest BCUT2D eigenvalue weighted by Crippen LogP contribution is -2.35. The quantitative estimate of drug-likeness (QED) is 0.784. The van der Waals surface area contributed by atoms with Gasteiger partial charge in [0.2, 0.25) is 5.91 Å². The molecule has 1 amide bonds. The molecule has 0 heterocycles. The molecule has 3 nitrogen and oxygen atoms in total. The van der Waals surface area contributed by atoms with Crippen molar-refractivity contribution in [1.29, 1.82) is 0 Å². The molecule has 3 heteroatoms. The molecule has 0 aliphatic heterocycles. The maximum Gasteiger partial charge on any atom is 0.223 e. The molecule has 4 rings (SSSR count). The SMILES string of the molecule is CC(Cc1ccc(-c2ccc(OC3CCC3)cc2)cc1)NC(=O)C1CC1. The lowest BCUT2D eigenvalue weighted by molar-refractivity contribution is -0.122. The van der Waals surface area contributed by atoms with Gasteiger partial charge in [0.15, 0.2) is 0 Å². The van der Waals surface area contributed by atoms with Gasteiger partial charge in [0.25, 0.3) is 0 Å². The maximum absolute atomic E-state index is 11.8. The first-order valence-corrected chi connectivity index (χ1v) is 9.84. The van der Waals surface area contributed by atoms with Gasteiger partial charge in [-0.25, -0.2) is 0 Å². The van der Waals surface area contributed by atoms with Crippen LogP contribution in [0.1, 0.15) is 44.6 Å². The van der Waals surface area contributed by atoms with E-state index in [4.69, 9.17) is 4.74 Å². The van der Waals surface area contributed by atoms with Crippen molar-refractivity contribution in [3.8, 4) is 16.9 Å². The predicted molar refractivity (Wildman–Crippen MR) is 104 cm³/mol. The number of hydrogen-bond acceptors (Lipinski definition) is 2. The predicted octanol–water partition coefficient (Wildman–Crippen LogP) is 4.74. The molecule has 2 aliphatic carbocycles. The fourth-order valence-electron chi connectivity index (χ4n) is 3.35. The highest BCUT2D eigenvalue weighted by atomic mass is 16.5. The Morgan fingerprint density at radius 2 is 1.62 bits per heavy atom. The zero-order valence-electron chi connectivity index (χ0n) is 15.4. The van der Waals surface area contributed by atoms with Gasteiger partial charge in [-0.05, 0) is 74.3 Å². The van der Waals surface area contributed by atoms with Gasteiger partial charge in [0.1, 0.15) is 5.75 Å². The van der Waals surface area contributed by atoms with Gasteiger partial charge in [-0.3, -0.25) is 4.79 Å². The van der Waals surface area contributed by atoms with E-state index in [1.165, 1.54) is 36.0 Å². The van der Waals surface area contributed by atoms with Crippen molar-refractivity contribution in [2.45, 2.75) is 57.6 Å². The standard InChI is InChI=1S/C23H27NO2/c1-16(24-23(25)20-9-10-20)15-17-5-7-18(8-6-17)19-11-13-22(14-12-19)26-21-3-2-4-21/h5-8,11-14,16,20-21H,2-4,9-10,15H2,1H3,(H,24,25). The summed E-state index contributed by atoms with van der Waals surface area (Å²) in [7, 11) is 0. The maximum atomic E-state index is 11.8. The van der Waals surface area contributed by atoms with Gasteiger partial charge in [-0.1, -0.05) is 36.4 Å². The fraction of sp³-hybridized carbons (Fsp3) is 0.435. The van der Waals surface area contributed by atoms with Crippen molar-refractivity contribution in [2.75, 3.05) is 0 Å². The van der Waals surface area contributed by atoms with Gasteiger partial charge in [-0.15, -0.1) is 0 Å². The van der Waals surface area contributed by atoms with E-state index < -0.39 is 0 Å². The summed E-state index contributed by atoms with van der Waals surface area (Å²) < 4.78 is 5.92. The summed E-state index contributed by atoms with van der Waals surface area (Å²) in [6.45, 7) is 2.08. The van der Waals surface area contributed by atoms with Crippen LogP contribution in [0.25, 0.3) is 11.1 Å². The zero-order valence-corrected chi connectivity index (χ0v) is 15.4. The van der Waals surface area contributed by atoms with Crippen molar-refractivity contribution >= 4 is 5.91 Å². The molecule has 0 radical (unpaired) electrons. The Labute approximate surface area is 155 Å². The van der Waals surface area contributed by atoms with Crippen LogP contribution in [0.2, 0.25) is 0 Å². The third kappa shape index (κ3) is 4.27. The second-order valence-electron chi connectivity index (χ2n) is 7.78. The molecule has 26 heavy (non-hydrogen) atoms. The molecule has 2 fully saturated rings. The first-order chi connectivity index (χ1) is 12.7. The van der Waals surface area contributed by atoms with Crippen LogP contribution < -0.4 is 10.1 Å². The van der Waals surface area contributed by atoms with Crippen LogP contribution in [0.15, 0.2) is 48.5 Å². The van der Waals surface area contributed by atoms with E-state index >= 15 is 0 Å². The van der Waals surface area contributed by atoms with E-state index in [1.54, 1.807) is 0 Å². The number of carbonyl (C=O) groups is 1. The Kier molecular flexibility index (Phi) is 4.96. The second-order valence-corrected chi connectivity index (χ2v) is 7.78. The monoisotopic (exact) mass is 349 g/mol. The molecule has 1 atom stereocenters. The first kappa shape index (κ1) is 17.1. The third-order valence-electron chi connectivity index (χ3n) is 5.38. The summed E-state index contributed by atoms with van der Waals surface area (Å²) in [5.41, 5.74) is 3.66. The summed E-state index contributed by atoms with van der Waals surface area (Å²) in [4.78, 5) is 11.8. The van der Waals surface area contributed by atoms with Gasteiger partial charge in [0, 0.05) is 12.0 Å². The summed E-state index contributed by atoms with van der Waals surface area (Å²) >= 11 is 0. The molecule has 2 saturated carbocycles. The lowest BCUT2D eigenvalue weighted by Gasteiger charge is -2.26. The molecule has 2 aliphatic rings. The van der Waals surface area contributed by atoms with E-state index in [-0.39, 0.29) is 17.9 Å². The Balaban J connectivity index is 1.33. The van der Waals surface area contributed by atoms with E-state index in [0.29, 0.717) is 6.10 Å². The van der Waals surface area contributed by atoms with Crippen LogP contribution in [0, 0.1) is 5.92 Å². The number of ether oxygens (including phenoxy) is 1. The van der Waals surface area contributed by atoms with Gasteiger partial charge in [0.05, 0.1) is 6.10 Å². The molecule has 1 N–H and O–H groups in total. The summed E-state index contributed by atoms with van der Waals surface area (Å²) in [6, 6.07) is 17.2. The Hall–Kier alpha value is -2.29. The number of rotatable bonds is 7. The van der Waals surface area contributed by atoms with Crippen molar-refractivity contribution < 1.29 is 9.53 Å². The van der Waals surface area contributed by atoms with Crippen LogP contribution in [0.3, 0.4) is 0 Å². The summed E-state index contributed by atoms with van der Waals surface area (Å²) in [5, 5.41) is 3.12. The number of carbonyl (C=O) groups excluding carboxylic acids is 1. The van der Waals surface area contributed by atoms with Crippen molar-refractivity contribution in [2.24, 2.45) is 5.92 Å². The summed E-state index contributed by atoms with van der Waals surface area (Å²) in [6.07, 6.45) is 7.05. The average Bonchev–Trinajstić information content (AvgIpc) is 3.44. The topological polar surface area (TPSA) is 38.3 Å². The molecule has 2 aromatic rings. The number of benzene rings is 2. The molecule has 2 aromatic carbocycles. The van der Waals surface area contributed by atoms with Gasteiger partial charge >= 0.3 is 0 Å². The number of amides is 1. The first-order valence-electron chi connectivity index (χ1n) is 9.84. The molecular formula is C23H27NO2. The minimum absolute atomic E-state index is 0.178. The minimum Gasteiger partial charge on any atom is -0.490 e. The van der Waals surface area contributed by atoms with Crippen LogP contribution in [-0.2, 0) is 11.2 Å². The van der Waals surface area contributed by atoms with E-state index in [9.17, 15) is 4.79 Å². The van der Waals surface area contributed by atoms with E-state index in [0.717, 1.165) is 25.0 Å². The lowest BCUT2D eigenvalue weighted by atomic mass is 9.96. The largest absolute Gasteiger partial charge is 0.490 e. The normalized spacial score (nSPS) is 18.0. The molecule has 0 aromatic heterocycles. The third-order valence-corrected chi connectivity index (χ3v) is 5.38. The molecule has 1 unspecified atom stereocenters. The molecular weight excluding hydrogens is 322 g/mol. The van der Waals surface area contributed by atoms with Crippen LogP contribution in [0.5, 0.6) is 5.75 Å². The van der Waals surface area contributed by atoms with E-state index in [1.807, 2.05) is 0 Å². The Morgan fingerprint density at radius 3 is 2.15 bits per heavy atom. The highest BCUT2D eigenvalue weighted by Gasteiger charge is 2.30. The Bertz CT molecular complexity index is 743. The Morgan fingerprint density at radius 1 is 1.00 bits per heavy atom. The molecule has 0 bridgehead atoms. The fourth-order valence-corrected chi connectivity index (χ4v) is 3.35. The van der Waals surface area contributed by atoms with Crippen molar-refractivity contribution in [3.05, 3.63) is 54.1 Å². The second kappa shape index (κ2) is 7.53. The molecule has 136 valence electrons. The highest BCUT2D eigenvalue weighted by Crippen LogP contribution is 2.29. The summed E-state index contributed by atoms with van der Waals surface area (Å²) in [5.74, 6) is 1.46. The molecule has 0 saturated heterocycles. The van der Waals surface area contributed by atoms with Gasteiger partial charge < -0.3 is 10.1 Å². The minimum atomic E-state index is 0.178. The van der Waals surface area contributed by atoms with Gasteiger partial charge in [-0.2, -0.15) is 0 Å². The van der Waals surface area contributed by atoms with Crippen LogP contribution in [0.4, 0.5) is 0 Å². The number of nitrogens with one attached hydrogen (secondary N) is 1. The average molecular weight is 349 g/mol. The number of hydrogen-bond donors (Lipinski definition) is 1.